The van der Waals surface area contributed by atoms with Crippen LogP contribution >= 0.6 is 0 Å². The summed E-state index contributed by atoms with van der Waals surface area (Å²) < 4.78 is 37.0. The molecule has 1 saturated heterocycles. The molecule has 21 heavy (non-hydrogen) atoms. The minimum atomic E-state index is -4.73. The van der Waals surface area contributed by atoms with E-state index in [4.69, 9.17) is 4.84 Å². The average Bonchev–Trinajstić information content (AvgIpc) is 2.06. The minimum Gasteiger partial charge on any atom is -0.726 e. The van der Waals surface area contributed by atoms with Gasteiger partial charge in [-0.1, -0.05) is 0 Å². The van der Waals surface area contributed by atoms with Gasteiger partial charge in [-0.3, -0.25) is 9.02 Å². The maximum atomic E-state index is 10.8. The Hall–Kier alpha value is -0.250. The Bertz CT molecular complexity index is 448. The van der Waals surface area contributed by atoms with E-state index in [0.29, 0.717) is 12.8 Å². The monoisotopic (exact) mass is 324 g/mol. The second kappa shape index (κ2) is 5.75. The largest absolute Gasteiger partial charge is 0.726 e. The summed E-state index contributed by atoms with van der Waals surface area (Å²) in [5.41, 5.74) is -2.05. The van der Waals surface area contributed by atoms with Crippen LogP contribution in [0.15, 0.2) is 0 Å². The molecule has 0 bridgehead atoms. The van der Waals surface area contributed by atoms with Crippen molar-refractivity contribution in [2.45, 2.75) is 77.2 Å². The van der Waals surface area contributed by atoms with Gasteiger partial charge in [-0.25, -0.2) is 8.42 Å². The van der Waals surface area contributed by atoms with E-state index in [9.17, 15) is 18.1 Å². The molecule has 126 valence electrons. The summed E-state index contributed by atoms with van der Waals surface area (Å²) in [6.07, 6.45) is -0.00691. The summed E-state index contributed by atoms with van der Waals surface area (Å²) in [5.74, 6) is 0. The highest BCUT2D eigenvalue weighted by Crippen LogP contribution is 2.40. The maximum absolute atomic E-state index is 10.8. The Kier molecular flexibility index (Phi) is 5.15. The molecule has 7 nitrogen and oxygen atoms in total. The van der Waals surface area contributed by atoms with Gasteiger partial charge in [0.05, 0.1) is 18.3 Å². The van der Waals surface area contributed by atoms with Gasteiger partial charge in [0.1, 0.15) is 0 Å². The fourth-order valence-electron chi connectivity index (χ4n) is 2.98. The topological polar surface area (TPSA) is 99.1 Å². The van der Waals surface area contributed by atoms with Crippen molar-refractivity contribution in [3.05, 3.63) is 0 Å². The van der Waals surface area contributed by atoms with Crippen molar-refractivity contribution in [1.82, 2.24) is 5.06 Å². The van der Waals surface area contributed by atoms with Crippen LogP contribution in [0.5, 0.6) is 0 Å². The molecule has 1 N–H and O–H groups in total. The van der Waals surface area contributed by atoms with Gasteiger partial charge in [-0.2, -0.15) is 5.06 Å². The third kappa shape index (κ3) is 5.80. The van der Waals surface area contributed by atoms with Crippen molar-refractivity contribution in [2.24, 2.45) is 0 Å². The second-order valence-electron chi connectivity index (χ2n) is 7.54. The summed E-state index contributed by atoms with van der Waals surface area (Å²) >= 11 is 0. The zero-order valence-corrected chi connectivity index (χ0v) is 14.4. The smallest absolute Gasteiger partial charge is 0.217 e. The molecule has 0 aromatic heterocycles. The molecule has 0 unspecified atom stereocenters. The number of hydrogen-bond acceptors (Lipinski definition) is 7. The molecule has 0 aliphatic carbocycles. The molecule has 0 aromatic rings. The Balaban J connectivity index is 2.88. The molecule has 0 aromatic carbocycles. The number of nitrogens with zero attached hydrogens (tertiary/aromatic N) is 1. The van der Waals surface area contributed by atoms with Gasteiger partial charge in [0.25, 0.3) is 0 Å². The van der Waals surface area contributed by atoms with Gasteiger partial charge in [0.2, 0.25) is 10.4 Å². The van der Waals surface area contributed by atoms with Crippen molar-refractivity contribution in [1.29, 1.82) is 0 Å². The Morgan fingerprint density at radius 2 is 1.67 bits per heavy atom. The number of rotatable bonds is 5. The van der Waals surface area contributed by atoms with Gasteiger partial charge in [0, 0.05) is 11.1 Å². The van der Waals surface area contributed by atoms with E-state index >= 15 is 0 Å². The van der Waals surface area contributed by atoms with Crippen LogP contribution in [-0.2, 0) is 19.4 Å². The first-order chi connectivity index (χ1) is 9.12. The maximum Gasteiger partial charge on any atom is 0.217 e. The molecule has 0 amide bonds. The van der Waals surface area contributed by atoms with Crippen molar-refractivity contribution < 1.29 is 27.1 Å². The van der Waals surface area contributed by atoms with Gasteiger partial charge >= 0.3 is 0 Å². The number of piperidine rings is 1. The molecule has 1 fully saturated rings. The zero-order chi connectivity index (χ0) is 16.7. The summed E-state index contributed by atoms with van der Waals surface area (Å²) in [4.78, 5) is 5.76. The zero-order valence-electron chi connectivity index (χ0n) is 13.5. The first-order valence-electron chi connectivity index (χ1n) is 6.92. The molecule has 0 spiro atoms. The van der Waals surface area contributed by atoms with Crippen LogP contribution in [0.2, 0.25) is 0 Å². The molecular weight excluding hydrogens is 298 g/mol. The highest BCUT2D eigenvalue weighted by molar-refractivity contribution is 7.80. The Morgan fingerprint density at radius 1 is 1.24 bits per heavy atom. The SMILES string of the molecule is CC(C)(O)CON1C(C)(C)CC(OS(=O)(=O)[O-])CC1(C)C. The fourth-order valence-corrected chi connectivity index (χ4v) is 3.45. The van der Waals surface area contributed by atoms with Crippen molar-refractivity contribution >= 4 is 10.4 Å². The molecule has 0 saturated carbocycles. The van der Waals surface area contributed by atoms with Crippen molar-refractivity contribution in [2.75, 3.05) is 6.61 Å². The lowest BCUT2D eigenvalue weighted by Crippen LogP contribution is -2.62. The van der Waals surface area contributed by atoms with E-state index in [-0.39, 0.29) is 6.61 Å². The normalized spacial score (nSPS) is 24.2. The Morgan fingerprint density at radius 3 is 2.00 bits per heavy atom. The predicted molar refractivity (Wildman–Crippen MR) is 76.1 cm³/mol. The number of hydroxylamine groups is 2. The third-order valence-electron chi connectivity index (χ3n) is 3.35. The van der Waals surface area contributed by atoms with Crippen LogP contribution in [0.4, 0.5) is 0 Å². The molecule has 1 heterocycles. The van der Waals surface area contributed by atoms with Crippen LogP contribution in [0, 0.1) is 0 Å². The van der Waals surface area contributed by atoms with Crippen LogP contribution < -0.4 is 0 Å². The van der Waals surface area contributed by atoms with E-state index in [1.54, 1.807) is 18.9 Å². The van der Waals surface area contributed by atoms with E-state index in [0.717, 1.165) is 0 Å². The van der Waals surface area contributed by atoms with Crippen LogP contribution in [-0.4, -0.2) is 52.5 Å². The fraction of sp³-hybridized carbons (Fsp3) is 1.00. The van der Waals surface area contributed by atoms with Crippen LogP contribution in [0.25, 0.3) is 0 Å². The molecule has 1 aliphatic rings. The lowest BCUT2D eigenvalue weighted by molar-refractivity contribution is -0.304. The average molecular weight is 324 g/mol. The first kappa shape index (κ1) is 18.8. The van der Waals surface area contributed by atoms with E-state index in [1.807, 2.05) is 27.7 Å². The van der Waals surface area contributed by atoms with Crippen LogP contribution in [0.3, 0.4) is 0 Å². The third-order valence-corrected chi connectivity index (χ3v) is 3.86. The molecule has 0 atom stereocenters. The standard InChI is InChI=1S/C13H27NO6S/c1-11(2)7-10(20-21(16,17)18)8-12(3,4)14(11)19-9-13(5,6)15/h10,15H,7-9H2,1-6H3,(H,16,17,18)/p-1. The van der Waals surface area contributed by atoms with Crippen molar-refractivity contribution in [3.63, 3.8) is 0 Å². The quantitative estimate of drug-likeness (QED) is 0.599. The second-order valence-corrected chi connectivity index (χ2v) is 8.55. The van der Waals surface area contributed by atoms with Crippen molar-refractivity contribution in [3.8, 4) is 0 Å². The number of hydrogen-bond donors (Lipinski definition) is 1. The van der Waals surface area contributed by atoms with Gasteiger partial charge in [-0.05, 0) is 54.4 Å². The molecule has 8 heteroatoms. The first-order valence-corrected chi connectivity index (χ1v) is 8.25. The lowest BCUT2D eigenvalue weighted by atomic mass is 9.80. The van der Waals surface area contributed by atoms with Gasteiger partial charge < -0.3 is 9.66 Å². The van der Waals surface area contributed by atoms with E-state index in [2.05, 4.69) is 4.18 Å². The van der Waals surface area contributed by atoms with Gasteiger partial charge in [-0.15, -0.1) is 0 Å². The predicted octanol–water partition coefficient (Wildman–Crippen LogP) is 1.19. The lowest BCUT2D eigenvalue weighted by Gasteiger charge is -2.53. The van der Waals surface area contributed by atoms with E-state index < -0.39 is 33.2 Å². The highest BCUT2D eigenvalue weighted by Gasteiger charge is 2.48. The Labute approximate surface area is 127 Å². The minimum absolute atomic E-state index is 0.116. The van der Waals surface area contributed by atoms with Gasteiger partial charge in [0.15, 0.2) is 0 Å². The molecule has 1 aliphatic heterocycles. The summed E-state index contributed by atoms with van der Waals surface area (Å²) in [6.45, 7) is 10.9. The number of aliphatic hydroxyl groups is 1. The summed E-state index contributed by atoms with van der Waals surface area (Å²) in [6, 6.07) is 0. The van der Waals surface area contributed by atoms with Crippen LogP contribution in [0.1, 0.15) is 54.4 Å². The highest BCUT2D eigenvalue weighted by atomic mass is 32.3. The summed E-state index contributed by atoms with van der Waals surface area (Å²) in [7, 11) is -4.73. The molecular formula is C13H26NO6S-. The van der Waals surface area contributed by atoms with E-state index in [1.165, 1.54) is 0 Å². The molecule has 1 rings (SSSR count). The molecule has 0 radical (unpaired) electrons. The summed E-state index contributed by atoms with van der Waals surface area (Å²) in [5, 5.41) is 11.6.